The molecule has 7 heteroatoms. The zero-order valence-electron chi connectivity index (χ0n) is 11.3. The Balaban J connectivity index is 1.87. The van der Waals surface area contributed by atoms with Crippen molar-refractivity contribution in [2.24, 2.45) is 0 Å². The van der Waals surface area contributed by atoms with Crippen LogP contribution < -0.4 is 5.32 Å². The minimum atomic E-state index is -3.46. The molecular formula is C12H20N2O3S2. The molecule has 0 aliphatic carbocycles. The summed E-state index contributed by atoms with van der Waals surface area (Å²) in [4.78, 5) is 0. The molecule has 1 aromatic heterocycles. The first kappa shape index (κ1) is 14.9. The predicted molar refractivity (Wildman–Crippen MR) is 76.8 cm³/mol. The van der Waals surface area contributed by atoms with Gasteiger partial charge in [-0.15, -0.1) is 0 Å². The molecule has 1 aliphatic rings. The Bertz CT molecular complexity index is 505. The molecule has 0 radical (unpaired) electrons. The Hall–Kier alpha value is -0.500. The lowest BCUT2D eigenvalue weighted by Crippen LogP contribution is -2.23. The fourth-order valence-electron chi connectivity index (χ4n) is 1.93. The van der Waals surface area contributed by atoms with E-state index in [1.807, 2.05) is 11.8 Å². The van der Waals surface area contributed by atoms with Crippen molar-refractivity contribution in [2.75, 3.05) is 26.4 Å². The molecule has 2 rings (SSSR count). The summed E-state index contributed by atoms with van der Waals surface area (Å²) in [7, 11) is -0.476. The van der Waals surface area contributed by atoms with Crippen molar-refractivity contribution in [1.29, 1.82) is 0 Å². The van der Waals surface area contributed by atoms with E-state index in [0.29, 0.717) is 17.6 Å². The highest BCUT2D eigenvalue weighted by Crippen LogP contribution is 2.25. The van der Waals surface area contributed by atoms with Crippen LogP contribution >= 0.6 is 11.8 Å². The zero-order chi connectivity index (χ0) is 13.9. The van der Waals surface area contributed by atoms with Crippen LogP contribution in [0.2, 0.25) is 0 Å². The Morgan fingerprint density at radius 2 is 2.26 bits per heavy atom. The van der Waals surface area contributed by atoms with Gasteiger partial charge in [0, 0.05) is 25.9 Å². The molecule has 2 heterocycles. The van der Waals surface area contributed by atoms with Crippen molar-refractivity contribution < 1.29 is 12.8 Å². The zero-order valence-corrected chi connectivity index (χ0v) is 12.9. The van der Waals surface area contributed by atoms with Crippen molar-refractivity contribution in [3.05, 3.63) is 17.9 Å². The molecule has 1 unspecified atom stereocenters. The molecule has 108 valence electrons. The first-order valence-corrected chi connectivity index (χ1v) is 8.82. The molecule has 0 aromatic carbocycles. The predicted octanol–water partition coefficient (Wildman–Crippen LogP) is 1.52. The Morgan fingerprint density at radius 3 is 2.89 bits per heavy atom. The topological polar surface area (TPSA) is 62.6 Å². The minimum absolute atomic E-state index is 0.00420. The van der Waals surface area contributed by atoms with Gasteiger partial charge in [0.15, 0.2) is 0 Å². The van der Waals surface area contributed by atoms with Crippen LogP contribution in [0.5, 0.6) is 0 Å². The van der Waals surface area contributed by atoms with Crippen LogP contribution in [0.3, 0.4) is 0 Å². The van der Waals surface area contributed by atoms with Crippen LogP contribution in [0.1, 0.15) is 18.6 Å². The quantitative estimate of drug-likeness (QED) is 0.863. The van der Waals surface area contributed by atoms with Crippen molar-refractivity contribution in [1.82, 2.24) is 9.62 Å². The summed E-state index contributed by atoms with van der Waals surface area (Å²) in [5.41, 5.74) is 0. The third-order valence-corrected chi connectivity index (χ3v) is 6.15. The smallest absolute Gasteiger partial charge is 0.275 e. The summed E-state index contributed by atoms with van der Waals surface area (Å²) in [5.74, 6) is 1.90. The lowest BCUT2D eigenvalue weighted by Gasteiger charge is -2.09. The summed E-state index contributed by atoms with van der Waals surface area (Å²) in [6.07, 6.45) is 2.55. The number of thioether (sulfide) groups is 1. The minimum Gasteiger partial charge on any atom is -0.447 e. The van der Waals surface area contributed by atoms with Gasteiger partial charge in [-0.25, -0.2) is 12.7 Å². The molecule has 0 amide bonds. The number of nitrogens with zero attached hydrogens (tertiary/aromatic N) is 1. The van der Waals surface area contributed by atoms with Gasteiger partial charge < -0.3 is 9.73 Å². The van der Waals surface area contributed by atoms with E-state index in [0.717, 1.165) is 10.8 Å². The van der Waals surface area contributed by atoms with Crippen LogP contribution in [0, 0.1) is 0 Å². The Kier molecular flexibility index (Phi) is 4.94. The molecule has 19 heavy (non-hydrogen) atoms. The highest BCUT2D eigenvalue weighted by atomic mass is 32.2. The van der Waals surface area contributed by atoms with E-state index in [2.05, 4.69) is 5.32 Å². The maximum absolute atomic E-state index is 11.8. The maximum atomic E-state index is 11.8. The SMILES string of the molecule is CN(C)S(=O)(=O)c1ccc(CNCC2CCCS2)o1. The van der Waals surface area contributed by atoms with E-state index in [9.17, 15) is 8.42 Å². The molecule has 0 bridgehead atoms. The Labute approximate surface area is 118 Å². The highest BCUT2D eigenvalue weighted by Gasteiger charge is 2.21. The summed E-state index contributed by atoms with van der Waals surface area (Å²) < 4.78 is 30.2. The van der Waals surface area contributed by atoms with Crippen LogP contribution in [0.4, 0.5) is 0 Å². The van der Waals surface area contributed by atoms with Crippen molar-refractivity contribution in [3.63, 3.8) is 0 Å². The number of furan rings is 1. The van der Waals surface area contributed by atoms with E-state index in [4.69, 9.17) is 4.42 Å². The third kappa shape index (κ3) is 3.75. The van der Waals surface area contributed by atoms with Gasteiger partial charge in [-0.1, -0.05) is 0 Å². The van der Waals surface area contributed by atoms with Crippen LogP contribution in [-0.2, 0) is 16.6 Å². The lowest BCUT2D eigenvalue weighted by molar-refractivity contribution is 0.389. The number of hydrogen-bond donors (Lipinski definition) is 1. The van der Waals surface area contributed by atoms with Gasteiger partial charge in [0.05, 0.1) is 6.54 Å². The average Bonchev–Trinajstić information content (AvgIpc) is 2.99. The van der Waals surface area contributed by atoms with E-state index in [1.54, 1.807) is 6.07 Å². The number of sulfonamides is 1. The van der Waals surface area contributed by atoms with Gasteiger partial charge in [-0.05, 0) is 30.7 Å². The standard InChI is InChI=1S/C12H20N2O3S2/c1-14(2)19(15,16)12-6-5-10(17-12)8-13-9-11-4-3-7-18-11/h5-6,11,13H,3-4,7-9H2,1-2H3. The molecule has 0 saturated carbocycles. The third-order valence-electron chi connectivity index (χ3n) is 3.07. The monoisotopic (exact) mass is 304 g/mol. The normalized spacial score (nSPS) is 20.3. The highest BCUT2D eigenvalue weighted by molar-refractivity contribution is 8.00. The van der Waals surface area contributed by atoms with Crippen molar-refractivity contribution in [3.8, 4) is 0 Å². The van der Waals surface area contributed by atoms with E-state index in [-0.39, 0.29) is 5.09 Å². The van der Waals surface area contributed by atoms with Gasteiger partial charge in [0.25, 0.3) is 10.0 Å². The lowest BCUT2D eigenvalue weighted by atomic mass is 10.2. The molecule has 1 N–H and O–H groups in total. The van der Waals surface area contributed by atoms with Gasteiger partial charge >= 0.3 is 0 Å². The second-order valence-electron chi connectivity index (χ2n) is 4.77. The number of hydrogen-bond acceptors (Lipinski definition) is 5. The molecule has 5 nitrogen and oxygen atoms in total. The molecule has 1 fully saturated rings. The van der Waals surface area contributed by atoms with Crippen LogP contribution in [0.25, 0.3) is 0 Å². The van der Waals surface area contributed by atoms with Gasteiger partial charge in [0.2, 0.25) is 5.09 Å². The number of rotatable bonds is 6. The fraction of sp³-hybridized carbons (Fsp3) is 0.667. The molecule has 1 saturated heterocycles. The second-order valence-corrected chi connectivity index (χ2v) is 8.27. The fourth-order valence-corrected chi connectivity index (χ4v) is 3.98. The average molecular weight is 304 g/mol. The molecule has 1 atom stereocenters. The van der Waals surface area contributed by atoms with Crippen molar-refractivity contribution >= 4 is 21.8 Å². The summed E-state index contributed by atoms with van der Waals surface area (Å²) in [6, 6.07) is 3.22. The Morgan fingerprint density at radius 1 is 1.47 bits per heavy atom. The molecule has 1 aliphatic heterocycles. The van der Waals surface area contributed by atoms with E-state index in [1.165, 1.54) is 38.8 Å². The van der Waals surface area contributed by atoms with Crippen LogP contribution in [-0.4, -0.2) is 44.4 Å². The van der Waals surface area contributed by atoms with Crippen LogP contribution in [0.15, 0.2) is 21.6 Å². The van der Waals surface area contributed by atoms with Gasteiger partial charge in [-0.3, -0.25) is 0 Å². The summed E-state index contributed by atoms with van der Waals surface area (Å²) in [5, 5.41) is 4.00. The largest absolute Gasteiger partial charge is 0.447 e. The summed E-state index contributed by atoms with van der Waals surface area (Å²) >= 11 is 2.00. The molecular weight excluding hydrogens is 284 g/mol. The molecule has 1 aromatic rings. The second kappa shape index (κ2) is 6.30. The van der Waals surface area contributed by atoms with Gasteiger partial charge in [0.1, 0.15) is 5.76 Å². The first-order valence-electron chi connectivity index (χ1n) is 6.33. The summed E-state index contributed by atoms with van der Waals surface area (Å²) in [6.45, 7) is 1.52. The van der Waals surface area contributed by atoms with E-state index >= 15 is 0 Å². The first-order chi connectivity index (χ1) is 9.00. The maximum Gasteiger partial charge on any atom is 0.275 e. The van der Waals surface area contributed by atoms with Crippen molar-refractivity contribution in [2.45, 2.75) is 29.7 Å². The molecule has 0 spiro atoms. The van der Waals surface area contributed by atoms with E-state index < -0.39 is 10.0 Å². The number of nitrogens with one attached hydrogen (secondary N) is 1. The van der Waals surface area contributed by atoms with Gasteiger partial charge in [-0.2, -0.15) is 11.8 Å².